The number of nitrogens with zero attached hydrogens (tertiary/aromatic N) is 2. The highest BCUT2D eigenvalue weighted by atomic mass is 16.5. The number of anilines is 3. The first kappa shape index (κ1) is 24.9. The molecule has 1 aliphatic carbocycles. The van der Waals surface area contributed by atoms with Crippen LogP contribution in [0.5, 0.6) is 0 Å². The zero-order valence-corrected chi connectivity index (χ0v) is 20.1. The van der Waals surface area contributed by atoms with Crippen molar-refractivity contribution in [3.05, 3.63) is 47.8 Å². The lowest BCUT2D eigenvalue weighted by atomic mass is 9.94. The molecule has 2 aromatic rings. The van der Waals surface area contributed by atoms with Crippen LogP contribution in [0.25, 0.3) is 0 Å². The summed E-state index contributed by atoms with van der Waals surface area (Å²) in [4.78, 5) is 29.6. The molecule has 1 amide bonds. The standard InChI is InChI=1S/C26H34N4O5/c1-34-16-19(13-25(31)32)18-4-7-24(30(15-17-2-3-17)21-8-10-35-11-9-21)23(12-18)29-20-5-6-22(26(27)33)28-14-20/h4-7,12,14,17,19,21,29H,2-3,8-11,13,15-16H2,1H3,(H2,27,33)(H,31,32). The number of nitrogens with two attached hydrogens (primary N) is 1. The molecule has 0 spiro atoms. The van der Waals surface area contributed by atoms with Gasteiger partial charge in [0.25, 0.3) is 5.91 Å². The second kappa shape index (κ2) is 11.5. The number of pyridine rings is 1. The van der Waals surface area contributed by atoms with Crippen LogP contribution in [0.4, 0.5) is 17.1 Å². The Labute approximate surface area is 205 Å². The van der Waals surface area contributed by atoms with Gasteiger partial charge in [-0.3, -0.25) is 9.59 Å². The molecule has 0 bridgehead atoms. The van der Waals surface area contributed by atoms with Gasteiger partial charge in [0.05, 0.1) is 36.3 Å². The molecular formula is C26H34N4O5. The Morgan fingerprint density at radius 1 is 1.23 bits per heavy atom. The van der Waals surface area contributed by atoms with Crippen molar-refractivity contribution in [2.24, 2.45) is 11.7 Å². The predicted molar refractivity (Wildman–Crippen MR) is 133 cm³/mol. The average Bonchev–Trinajstić information content (AvgIpc) is 3.67. The van der Waals surface area contributed by atoms with Crippen LogP contribution < -0.4 is 16.0 Å². The van der Waals surface area contributed by atoms with E-state index in [9.17, 15) is 14.7 Å². The van der Waals surface area contributed by atoms with Crippen LogP contribution in [0.15, 0.2) is 36.5 Å². The molecule has 1 aliphatic heterocycles. The van der Waals surface area contributed by atoms with E-state index in [1.165, 1.54) is 12.8 Å². The highest BCUT2D eigenvalue weighted by molar-refractivity contribution is 5.91. The SMILES string of the molecule is COCC(CC(=O)O)c1ccc(N(CC2CC2)C2CCOCC2)c(Nc2ccc(C(N)=O)nc2)c1. The van der Waals surface area contributed by atoms with Crippen molar-refractivity contribution in [1.29, 1.82) is 0 Å². The average molecular weight is 483 g/mol. The van der Waals surface area contributed by atoms with Gasteiger partial charge in [0.1, 0.15) is 5.69 Å². The quantitative estimate of drug-likeness (QED) is 0.419. The molecule has 1 unspecified atom stereocenters. The number of benzene rings is 1. The summed E-state index contributed by atoms with van der Waals surface area (Å²) in [5.41, 5.74) is 9.08. The molecule has 2 aliphatic rings. The fourth-order valence-corrected chi connectivity index (χ4v) is 4.63. The van der Waals surface area contributed by atoms with E-state index >= 15 is 0 Å². The van der Waals surface area contributed by atoms with Crippen LogP contribution in [0.2, 0.25) is 0 Å². The van der Waals surface area contributed by atoms with Crippen LogP contribution in [-0.2, 0) is 14.3 Å². The summed E-state index contributed by atoms with van der Waals surface area (Å²) >= 11 is 0. The van der Waals surface area contributed by atoms with Crippen molar-refractivity contribution >= 4 is 28.9 Å². The lowest BCUT2D eigenvalue weighted by Gasteiger charge is -2.37. The number of methoxy groups -OCH3 is 1. The monoisotopic (exact) mass is 482 g/mol. The normalized spacial score (nSPS) is 17.1. The number of carboxylic acids is 1. The molecule has 4 rings (SSSR count). The molecule has 1 atom stereocenters. The maximum absolute atomic E-state index is 11.5. The number of carboxylic acid groups (broad SMARTS) is 1. The minimum absolute atomic E-state index is 0.0206. The van der Waals surface area contributed by atoms with Gasteiger partial charge in [-0.15, -0.1) is 0 Å². The zero-order chi connectivity index (χ0) is 24.8. The van der Waals surface area contributed by atoms with Gasteiger partial charge >= 0.3 is 5.97 Å². The summed E-state index contributed by atoms with van der Waals surface area (Å²) in [7, 11) is 1.58. The molecule has 0 radical (unpaired) electrons. The fraction of sp³-hybridized carbons (Fsp3) is 0.500. The van der Waals surface area contributed by atoms with Crippen molar-refractivity contribution in [1.82, 2.24) is 4.98 Å². The molecule has 2 fully saturated rings. The molecule has 188 valence electrons. The number of carbonyl (C=O) groups is 2. The lowest BCUT2D eigenvalue weighted by Crippen LogP contribution is -2.41. The van der Waals surface area contributed by atoms with Gasteiger partial charge in [0.2, 0.25) is 0 Å². The van der Waals surface area contributed by atoms with Gasteiger partial charge in [-0.1, -0.05) is 6.07 Å². The van der Waals surface area contributed by atoms with Gasteiger partial charge in [-0.05, 0) is 61.4 Å². The van der Waals surface area contributed by atoms with Crippen LogP contribution in [-0.4, -0.2) is 61.5 Å². The number of amides is 1. The lowest BCUT2D eigenvalue weighted by molar-refractivity contribution is -0.137. The molecule has 1 saturated carbocycles. The summed E-state index contributed by atoms with van der Waals surface area (Å²) in [6, 6.07) is 9.86. The van der Waals surface area contributed by atoms with Gasteiger partial charge < -0.3 is 30.5 Å². The Hall–Kier alpha value is -3.17. The molecule has 9 nitrogen and oxygen atoms in total. The number of hydrogen-bond acceptors (Lipinski definition) is 7. The Bertz CT molecular complexity index is 1020. The van der Waals surface area contributed by atoms with Crippen molar-refractivity contribution in [2.45, 2.75) is 44.1 Å². The van der Waals surface area contributed by atoms with Crippen LogP contribution in [0.3, 0.4) is 0 Å². The molecule has 9 heteroatoms. The van der Waals surface area contributed by atoms with Gasteiger partial charge in [0.15, 0.2) is 0 Å². The fourth-order valence-electron chi connectivity index (χ4n) is 4.63. The number of primary amides is 1. The summed E-state index contributed by atoms with van der Waals surface area (Å²) in [6.45, 7) is 2.79. The van der Waals surface area contributed by atoms with E-state index in [1.807, 2.05) is 12.1 Å². The summed E-state index contributed by atoms with van der Waals surface area (Å²) in [6.07, 6.45) is 5.98. The first-order chi connectivity index (χ1) is 16.9. The Balaban J connectivity index is 1.71. The van der Waals surface area contributed by atoms with Gasteiger partial charge in [0, 0.05) is 38.8 Å². The van der Waals surface area contributed by atoms with Crippen molar-refractivity contribution < 1.29 is 24.2 Å². The minimum Gasteiger partial charge on any atom is -0.481 e. The molecule has 1 saturated heterocycles. The number of aromatic nitrogens is 1. The third kappa shape index (κ3) is 6.70. The van der Waals surface area contributed by atoms with E-state index in [4.69, 9.17) is 15.2 Å². The topological polar surface area (TPSA) is 127 Å². The first-order valence-electron chi connectivity index (χ1n) is 12.2. The van der Waals surface area contributed by atoms with Gasteiger partial charge in [-0.25, -0.2) is 4.98 Å². The van der Waals surface area contributed by atoms with E-state index in [-0.39, 0.29) is 18.0 Å². The van der Waals surface area contributed by atoms with E-state index < -0.39 is 11.9 Å². The third-order valence-electron chi connectivity index (χ3n) is 6.67. The second-order valence-electron chi connectivity index (χ2n) is 9.39. The van der Waals surface area contributed by atoms with E-state index in [1.54, 1.807) is 25.4 Å². The Morgan fingerprint density at radius 2 is 2.00 bits per heavy atom. The summed E-state index contributed by atoms with van der Waals surface area (Å²) in [5.74, 6) is -1.03. The number of rotatable bonds is 12. The highest BCUT2D eigenvalue weighted by Gasteiger charge is 2.31. The molecular weight excluding hydrogens is 448 g/mol. The number of carbonyl (C=O) groups excluding carboxylic acids is 1. The minimum atomic E-state index is -0.866. The third-order valence-corrected chi connectivity index (χ3v) is 6.67. The summed E-state index contributed by atoms with van der Waals surface area (Å²) < 4.78 is 10.9. The van der Waals surface area contributed by atoms with Crippen LogP contribution in [0.1, 0.15) is 54.1 Å². The van der Waals surface area contributed by atoms with E-state index in [0.29, 0.717) is 24.3 Å². The highest BCUT2D eigenvalue weighted by Crippen LogP contribution is 2.39. The second-order valence-corrected chi connectivity index (χ2v) is 9.39. The number of aliphatic carboxylic acids is 1. The molecule has 4 N–H and O–H groups in total. The van der Waals surface area contributed by atoms with Crippen molar-refractivity contribution in [3.8, 4) is 0 Å². The number of nitrogens with one attached hydrogen (secondary N) is 1. The van der Waals surface area contributed by atoms with E-state index in [2.05, 4.69) is 21.3 Å². The maximum atomic E-state index is 11.5. The van der Waals surface area contributed by atoms with Gasteiger partial charge in [-0.2, -0.15) is 0 Å². The molecule has 1 aromatic heterocycles. The van der Waals surface area contributed by atoms with Crippen molar-refractivity contribution in [2.75, 3.05) is 43.7 Å². The largest absolute Gasteiger partial charge is 0.481 e. The predicted octanol–water partition coefficient (Wildman–Crippen LogP) is 3.52. The Kier molecular flexibility index (Phi) is 8.20. The van der Waals surface area contributed by atoms with Crippen molar-refractivity contribution in [3.63, 3.8) is 0 Å². The smallest absolute Gasteiger partial charge is 0.304 e. The first-order valence-corrected chi connectivity index (χ1v) is 12.2. The van der Waals surface area contributed by atoms with E-state index in [0.717, 1.165) is 49.5 Å². The molecule has 1 aromatic carbocycles. The number of ether oxygens (including phenoxy) is 2. The van der Waals surface area contributed by atoms with Crippen LogP contribution >= 0.6 is 0 Å². The number of hydrogen-bond donors (Lipinski definition) is 3. The zero-order valence-electron chi connectivity index (χ0n) is 20.1. The summed E-state index contributed by atoms with van der Waals surface area (Å²) in [5, 5.41) is 12.9. The van der Waals surface area contributed by atoms with Crippen LogP contribution in [0, 0.1) is 5.92 Å². The maximum Gasteiger partial charge on any atom is 0.304 e. The molecule has 2 heterocycles. The molecule has 35 heavy (non-hydrogen) atoms. The Morgan fingerprint density at radius 3 is 2.60 bits per heavy atom.